The van der Waals surface area contributed by atoms with E-state index in [1.807, 2.05) is 21.1 Å². The maximum atomic E-state index is 12.7. The second-order valence-corrected chi connectivity index (χ2v) is 16.3. The van der Waals surface area contributed by atoms with Crippen LogP contribution in [-0.2, 0) is 33.3 Å². The van der Waals surface area contributed by atoms with E-state index in [1.54, 1.807) is 0 Å². The summed E-state index contributed by atoms with van der Waals surface area (Å²) in [5.41, 5.74) is 0. The van der Waals surface area contributed by atoms with Gasteiger partial charge in [-0.1, -0.05) is 164 Å². The Labute approximate surface area is 355 Å². The predicted molar refractivity (Wildman–Crippen MR) is 237 cm³/mol. The van der Waals surface area contributed by atoms with Gasteiger partial charge in [0, 0.05) is 12.8 Å². The number of nitrogens with zero attached hydrogens (tertiary/aromatic N) is 1. The third-order valence-electron chi connectivity index (χ3n) is 9.53. The molecule has 0 aromatic heterocycles. The van der Waals surface area contributed by atoms with Crippen LogP contribution in [0.3, 0.4) is 0 Å². The summed E-state index contributed by atoms with van der Waals surface area (Å²) in [4.78, 5) is 36.8. The van der Waals surface area contributed by atoms with Crippen molar-refractivity contribution in [3.63, 3.8) is 0 Å². The summed E-state index contributed by atoms with van der Waals surface area (Å²) in [5.74, 6) is -2.30. The van der Waals surface area contributed by atoms with Crippen molar-refractivity contribution in [1.29, 1.82) is 0 Å². The number of carboxylic acids is 1. The number of hydrogen-bond acceptors (Lipinski definition) is 8. The molecule has 0 aliphatic carbocycles. The molecule has 0 saturated heterocycles. The molecule has 0 aliphatic heterocycles. The molecular weight excluding hydrogens is 731 g/mol. The van der Waals surface area contributed by atoms with Gasteiger partial charge in [0.05, 0.1) is 40.3 Å². The average Bonchev–Trinajstić information content (AvgIpc) is 3.18. The lowest BCUT2D eigenvalue weighted by Crippen LogP contribution is -2.44. The number of esters is 2. The minimum atomic E-state index is -1.62. The Kier molecular flexibility index (Phi) is 38.6. The van der Waals surface area contributed by atoms with Gasteiger partial charge in [-0.15, -0.1) is 0 Å². The van der Waals surface area contributed by atoms with E-state index >= 15 is 0 Å². The van der Waals surface area contributed by atoms with Gasteiger partial charge in [0.1, 0.15) is 13.2 Å². The van der Waals surface area contributed by atoms with Gasteiger partial charge in [-0.05, 0) is 57.8 Å². The van der Waals surface area contributed by atoms with Gasteiger partial charge in [0.25, 0.3) is 0 Å². The van der Waals surface area contributed by atoms with Crippen molar-refractivity contribution in [2.75, 3.05) is 47.5 Å². The second kappa shape index (κ2) is 40.8. The fourth-order valence-electron chi connectivity index (χ4n) is 5.97. The summed E-state index contributed by atoms with van der Waals surface area (Å²) in [6.07, 6.45) is 45.5. The van der Waals surface area contributed by atoms with Crippen LogP contribution >= 0.6 is 0 Å². The van der Waals surface area contributed by atoms with E-state index in [-0.39, 0.29) is 38.6 Å². The molecule has 0 amide bonds. The van der Waals surface area contributed by atoms with Gasteiger partial charge in [-0.25, -0.2) is 0 Å². The van der Waals surface area contributed by atoms with Gasteiger partial charge in [0.2, 0.25) is 0 Å². The molecule has 0 aromatic carbocycles. The highest BCUT2D eigenvalue weighted by Crippen LogP contribution is 2.14. The standard InChI is InChI=1S/C49H85NO8/c1-6-8-10-12-14-16-17-18-19-20-21-22-23-24-25-26-27-28-29-30-31-32-34-36-38-40-47(52)58-45(44-57-49(48(53)54)55-42-41-50(3,4)5)43-56-46(51)39-37-35-33-15-13-11-9-7-2/h8,10,14,16,18-19,21-22,24-25,45,49H,6-7,9,11-13,15,17,20,23,26-44H2,1-5H3/b10-8-,16-14-,19-18-,22-21-,25-24-. The van der Waals surface area contributed by atoms with Crippen LogP contribution in [0.15, 0.2) is 60.8 Å². The highest BCUT2D eigenvalue weighted by Gasteiger charge is 2.21. The summed E-state index contributed by atoms with van der Waals surface area (Å²) in [7, 11) is 5.90. The molecule has 0 saturated carbocycles. The maximum Gasteiger partial charge on any atom is 0.306 e. The number of ether oxygens (including phenoxy) is 4. The lowest BCUT2D eigenvalue weighted by Gasteiger charge is -2.26. The van der Waals surface area contributed by atoms with Crippen LogP contribution in [0.1, 0.15) is 174 Å². The van der Waals surface area contributed by atoms with E-state index in [4.69, 9.17) is 18.9 Å². The van der Waals surface area contributed by atoms with Crippen molar-refractivity contribution in [3.05, 3.63) is 60.8 Å². The number of carbonyl (C=O) groups is 3. The molecule has 0 radical (unpaired) electrons. The molecule has 334 valence electrons. The number of rotatable bonds is 41. The Morgan fingerprint density at radius 1 is 0.534 bits per heavy atom. The molecule has 0 N–H and O–H groups in total. The molecule has 9 nitrogen and oxygen atoms in total. The number of carbonyl (C=O) groups excluding carboxylic acids is 3. The van der Waals surface area contributed by atoms with E-state index in [0.717, 1.165) is 77.0 Å². The van der Waals surface area contributed by atoms with Gasteiger partial charge < -0.3 is 33.3 Å². The number of hydrogen-bond donors (Lipinski definition) is 0. The van der Waals surface area contributed by atoms with Gasteiger partial charge in [-0.2, -0.15) is 0 Å². The third kappa shape index (κ3) is 41.2. The SMILES string of the molecule is CC/C=C\C/C=C\C/C=C\C/C=C\C/C=C\CCCCCCCCCCCC(=O)OC(COC(=O)CCCCCCCCCC)COC(OCC[N+](C)(C)C)C(=O)[O-]. The zero-order valence-corrected chi connectivity index (χ0v) is 37.6. The molecule has 0 bridgehead atoms. The summed E-state index contributed by atoms with van der Waals surface area (Å²) in [6, 6.07) is 0. The second-order valence-electron chi connectivity index (χ2n) is 16.3. The van der Waals surface area contributed by atoms with Crippen molar-refractivity contribution in [2.24, 2.45) is 0 Å². The molecule has 58 heavy (non-hydrogen) atoms. The molecule has 0 rings (SSSR count). The molecule has 0 aliphatic rings. The maximum absolute atomic E-state index is 12.7. The summed E-state index contributed by atoms with van der Waals surface area (Å²) in [5, 5.41) is 11.7. The number of carboxylic acid groups (broad SMARTS) is 1. The Hall–Kier alpha value is -3.01. The van der Waals surface area contributed by atoms with Crippen LogP contribution in [0.5, 0.6) is 0 Å². The first-order valence-corrected chi connectivity index (χ1v) is 22.9. The van der Waals surface area contributed by atoms with Gasteiger partial charge in [0.15, 0.2) is 12.4 Å². The number of aliphatic carboxylic acids is 1. The summed E-state index contributed by atoms with van der Waals surface area (Å²) < 4.78 is 22.5. The van der Waals surface area contributed by atoms with Crippen molar-refractivity contribution in [1.82, 2.24) is 0 Å². The molecule has 2 atom stereocenters. The van der Waals surface area contributed by atoms with Crippen molar-refractivity contribution in [2.45, 2.75) is 187 Å². The van der Waals surface area contributed by atoms with Crippen LogP contribution < -0.4 is 5.11 Å². The Bertz CT molecular complexity index is 1140. The first-order valence-electron chi connectivity index (χ1n) is 22.9. The minimum absolute atomic E-state index is 0.145. The average molecular weight is 816 g/mol. The van der Waals surface area contributed by atoms with E-state index < -0.39 is 24.3 Å². The van der Waals surface area contributed by atoms with Crippen LogP contribution in [0.25, 0.3) is 0 Å². The van der Waals surface area contributed by atoms with E-state index in [2.05, 4.69) is 74.6 Å². The van der Waals surface area contributed by atoms with Crippen molar-refractivity contribution in [3.8, 4) is 0 Å². The number of quaternary nitrogens is 1. The summed E-state index contributed by atoms with van der Waals surface area (Å²) in [6.45, 7) is 4.57. The zero-order valence-electron chi connectivity index (χ0n) is 37.6. The lowest BCUT2D eigenvalue weighted by atomic mass is 10.1. The lowest BCUT2D eigenvalue weighted by molar-refractivity contribution is -0.870. The molecule has 0 heterocycles. The van der Waals surface area contributed by atoms with Gasteiger partial charge in [-0.3, -0.25) is 9.59 Å². The molecule has 0 fully saturated rings. The fraction of sp³-hybridized carbons (Fsp3) is 0.735. The van der Waals surface area contributed by atoms with Gasteiger partial charge >= 0.3 is 11.9 Å². The number of allylic oxidation sites excluding steroid dienone is 10. The number of likely N-dealkylation sites (N-methyl/N-ethyl adjacent to an activating group) is 1. The smallest absolute Gasteiger partial charge is 0.306 e. The third-order valence-corrected chi connectivity index (χ3v) is 9.53. The van der Waals surface area contributed by atoms with E-state index in [0.29, 0.717) is 17.4 Å². The largest absolute Gasteiger partial charge is 0.545 e. The monoisotopic (exact) mass is 816 g/mol. The first-order chi connectivity index (χ1) is 28.1. The van der Waals surface area contributed by atoms with Crippen LogP contribution in [0.2, 0.25) is 0 Å². The molecule has 9 heteroatoms. The highest BCUT2D eigenvalue weighted by molar-refractivity contribution is 5.70. The highest BCUT2D eigenvalue weighted by atomic mass is 16.7. The molecule has 0 aromatic rings. The fourth-order valence-corrected chi connectivity index (χ4v) is 5.97. The molecule has 0 spiro atoms. The van der Waals surface area contributed by atoms with Crippen molar-refractivity contribution >= 4 is 17.9 Å². The predicted octanol–water partition coefficient (Wildman–Crippen LogP) is 10.8. The van der Waals surface area contributed by atoms with Crippen molar-refractivity contribution < 1.29 is 42.9 Å². The topological polar surface area (TPSA) is 111 Å². The van der Waals surface area contributed by atoms with Crippen LogP contribution in [0.4, 0.5) is 0 Å². The van der Waals surface area contributed by atoms with Crippen LogP contribution in [0, 0.1) is 0 Å². The van der Waals surface area contributed by atoms with E-state index in [1.165, 1.54) is 64.2 Å². The quantitative estimate of drug-likeness (QED) is 0.0197. The normalized spacial score (nSPS) is 13.5. The number of unbranched alkanes of at least 4 members (excludes halogenated alkanes) is 16. The molecular formula is C49H85NO8. The zero-order chi connectivity index (χ0) is 42.8. The van der Waals surface area contributed by atoms with E-state index in [9.17, 15) is 19.5 Å². The minimum Gasteiger partial charge on any atom is -0.545 e. The first kappa shape index (κ1) is 55.0. The summed E-state index contributed by atoms with van der Waals surface area (Å²) >= 11 is 0. The van der Waals surface area contributed by atoms with Crippen LogP contribution in [-0.4, -0.2) is 82.3 Å². The Balaban J connectivity index is 4.28. The molecule has 2 unspecified atom stereocenters. The Morgan fingerprint density at radius 2 is 0.983 bits per heavy atom. The Morgan fingerprint density at radius 3 is 1.47 bits per heavy atom.